The normalized spacial score (nSPS) is 26.6. The van der Waals surface area contributed by atoms with Gasteiger partial charge in [0.15, 0.2) is 29.0 Å². The number of nitrogen functional groups attached to an aromatic ring is 1. The summed E-state index contributed by atoms with van der Waals surface area (Å²) in [6.07, 6.45) is 5.07. The summed E-state index contributed by atoms with van der Waals surface area (Å²) < 4.78 is 21.9. The molecule has 6 N–H and O–H groups in total. The Hall–Kier alpha value is -3.01. The molecule has 4 atom stereocenters. The second-order valence-corrected chi connectivity index (χ2v) is 6.61. The molecule has 0 aromatic carbocycles. The van der Waals surface area contributed by atoms with Crippen LogP contribution in [0.3, 0.4) is 0 Å². The second-order valence-electron chi connectivity index (χ2n) is 6.61. The summed E-state index contributed by atoms with van der Waals surface area (Å²) in [6.45, 7) is -1.77. The molecule has 2 aromatic heterocycles. The molecule has 3 heterocycles. The van der Waals surface area contributed by atoms with Gasteiger partial charge in [-0.1, -0.05) is 5.92 Å². The van der Waals surface area contributed by atoms with E-state index in [0.717, 1.165) is 0 Å². The molecule has 0 aliphatic carbocycles. The monoisotopic (exact) mass is 394 g/mol. The lowest BCUT2D eigenvalue weighted by Crippen LogP contribution is -2.48. The molecule has 150 valence electrons. The van der Waals surface area contributed by atoms with Gasteiger partial charge in [0.05, 0.1) is 26.1 Å². The number of hydrogen-bond acceptors (Lipinski definition) is 8. The molecule has 2 aromatic rings. The first kappa shape index (κ1) is 19.7. The van der Waals surface area contributed by atoms with Gasteiger partial charge < -0.3 is 31.1 Å². The smallest absolute Gasteiger partial charge is 0.404 e. The van der Waals surface area contributed by atoms with E-state index in [-0.39, 0.29) is 23.6 Å². The molecule has 0 radical (unpaired) electrons. The van der Waals surface area contributed by atoms with Crippen LogP contribution >= 0.6 is 0 Å². The number of hydrogen-bond donors (Lipinski definition) is 5. The van der Waals surface area contributed by atoms with E-state index in [4.69, 9.17) is 22.0 Å². The van der Waals surface area contributed by atoms with Gasteiger partial charge in [-0.15, -0.1) is 6.42 Å². The predicted molar refractivity (Wildman–Crippen MR) is 93.6 cm³/mol. The summed E-state index contributed by atoms with van der Waals surface area (Å²) in [6, 6.07) is 0. The third kappa shape index (κ3) is 3.31. The quantitative estimate of drug-likeness (QED) is 0.397. The summed E-state index contributed by atoms with van der Waals surface area (Å²) in [5.74, 6) is 1.43. The van der Waals surface area contributed by atoms with Crippen molar-refractivity contribution in [1.82, 2.24) is 24.8 Å². The first-order chi connectivity index (χ1) is 13.2. The zero-order chi connectivity index (χ0) is 20.5. The van der Waals surface area contributed by atoms with Crippen molar-refractivity contribution in [2.75, 3.05) is 25.5 Å². The zero-order valence-electron chi connectivity index (χ0n) is 14.6. The number of aliphatic hydroxyl groups is 2. The van der Waals surface area contributed by atoms with Crippen molar-refractivity contribution in [3.8, 4) is 12.3 Å². The highest BCUT2D eigenvalue weighted by Crippen LogP contribution is 2.43. The minimum atomic E-state index is -2.34. The van der Waals surface area contributed by atoms with E-state index >= 15 is 0 Å². The number of imidazole rings is 1. The lowest BCUT2D eigenvalue weighted by Gasteiger charge is -2.32. The van der Waals surface area contributed by atoms with Gasteiger partial charge in [-0.2, -0.15) is 0 Å². The Morgan fingerprint density at radius 1 is 1.57 bits per heavy atom. The van der Waals surface area contributed by atoms with Crippen molar-refractivity contribution >= 4 is 23.1 Å². The fourth-order valence-electron chi connectivity index (χ4n) is 3.27. The van der Waals surface area contributed by atoms with Gasteiger partial charge in [-0.05, 0) is 6.42 Å². The molecule has 12 heteroatoms. The standard InChI is InChI=1S/C16H19FN6O5/c1-2-16(27)9(3-15(17,6-24)5-19-14(25)26)4-28-13(16)23-8-22-10-11(18)20-7-21-12(10)23/h1,7-9,13,19,24,27H,3-6H2,(H,25,26)(H2,18,20,21)/t9-,13+,15?,16+/m0/s1. The highest BCUT2D eigenvalue weighted by molar-refractivity contribution is 5.81. The van der Waals surface area contributed by atoms with Crippen LogP contribution in [0.2, 0.25) is 0 Å². The van der Waals surface area contributed by atoms with Crippen LogP contribution in [0.5, 0.6) is 0 Å². The maximum Gasteiger partial charge on any atom is 0.404 e. The Balaban J connectivity index is 1.90. The van der Waals surface area contributed by atoms with Crippen LogP contribution < -0.4 is 11.1 Å². The van der Waals surface area contributed by atoms with Crippen LogP contribution in [0.4, 0.5) is 15.0 Å². The van der Waals surface area contributed by atoms with Crippen LogP contribution in [-0.2, 0) is 4.74 Å². The number of nitrogens with one attached hydrogen (secondary N) is 1. The molecule has 1 aliphatic heterocycles. The van der Waals surface area contributed by atoms with Crippen molar-refractivity contribution in [2.45, 2.75) is 23.9 Å². The fourth-order valence-corrected chi connectivity index (χ4v) is 3.27. The minimum Gasteiger partial charge on any atom is -0.465 e. The molecule has 1 unspecified atom stereocenters. The maximum absolute atomic E-state index is 14.9. The molecule has 1 amide bonds. The third-order valence-electron chi connectivity index (χ3n) is 4.78. The molecule has 1 saturated heterocycles. The van der Waals surface area contributed by atoms with Crippen molar-refractivity contribution in [3.63, 3.8) is 0 Å². The molecular weight excluding hydrogens is 375 g/mol. The number of terminal acetylenes is 1. The van der Waals surface area contributed by atoms with Crippen molar-refractivity contribution in [2.24, 2.45) is 5.92 Å². The number of nitrogens with two attached hydrogens (primary N) is 1. The number of carbonyl (C=O) groups is 1. The second kappa shape index (κ2) is 7.19. The zero-order valence-corrected chi connectivity index (χ0v) is 14.6. The summed E-state index contributed by atoms with van der Waals surface area (Å²) in [5.41, 5.74) is 2.00. The summed E-state index contributed by atoms with van der Waals surface area (Å²) >= 11 is 0. The number of amides is 1. The molecule has 0 spiro atoms. The number of aromatic nitrogens is 4. The van der Waals surface area contributed by atoms with E-state index in [0.29, 0.717) is 0 Å². The SMILES string of the molecule is C#C[C@@]1(O)[C@@H](CC(F)(CO)CNC(=O)O)CO[C@H]1n1cnc2c(N)ncnc21. The molecule has 0 saturated carbocycles. The number of anilines is 1. The number of aliphatic hydroxyl groups excluding tert-OH is 1. The molecule has 28 heavy (non-hydrogen) atoms. The van der Waals surface area contributed by atoms with Gasteiger partial charge in [-0.3, -0.25) is 4.57 Å². The van der Waals surface area contributed by atoms with E-state index in [1.54, 1.807) is 0 Å². The summed E-state index contributed by atoms with van der Waals surface area (Å²) in [5, 5.41) is 31.0. The van der Waals surface area contributed by atoms with Gasteiger partial charge in [0.2, 0.25) is 0 Å². The number of nitrogens with zero attached hydrogens (tertiary/aromatic N) is 4. The highest BCUT2D eigenvalue weighted by atomic mass is 19.1. The number of rotatable bonds is 6. The van der Waals surface area contributed by atoms with Gasteiger partial charge >= 0.3 is 6.09 Å². The Labute approximate surface area is 158 Å². The topological polar surface area (TPSA) is 169 Å². The largest absolute Gasteiger partial charge is 0.465 e. The van der Waals surface area contributed by atoms with Gasteiger partial charge in [0.1, 0.15) is 11.8 Å². The van der Waals surface area contributed by atoms with Crippen LogP contribution in [0.25, 0.3) is 11.2 Å². The summed E-state index contributed by atoms with van der Waals surface area (Å²) in [7, 11) is 0. The average Bonchev–Trinajstić information content (AvgIpc) is 3.23. The fraction of sp³-hybridized carbons (Fsp3) is 0.500. The number of ether oxygens (including phenoxy) is 1. The van der Waals surface area contributed by atoms with E-state index in [1.165, 1.54) is 17.2 Å². The molecule has 1 aliphatic rings. The van der Waals surface area contributed by atoms with Crippen LogP contribution in [0, 0.1) is 18.3 Å². The van der Waals surface area contributed by atoms with E-state index in [1.807, 2.05) is 5.32 Å². The first-order valence-electron chi connectivity index (χ1n) is 8.25. The Bertz CT molecular complexity index is 932. The number of halogens is 1. The van der Waals surface area contributed by atoms with Crippen molar-refractivity contribution < 1.29 is 29.2 Å². The van der Waals surface area contributed by atoms with Crippen molar-refractivity contribution in [1.29, 1.82) is 0 Å². The maximum atomic E-state index is 14.9. The van der Waals surface area contributed by atoms with E-state index in [9.17, 15) is 19.4 Å². The molecule has 3 rings (SSSR count). The average molecular weight is 394 g/mol. The number of carboxylic acid groups (broad SMARTS) is 1. The Kier molecular flexibility index (Phi) is 5.07. The first-order valence-corrected chi connectivity index (χ1v) is 8.25. The van der Waals surface area contributed by atoms with Gasteiger partial charge in [0, 0.05) is 5.92 Å². The van der Waals surface area contributed by atoms with Crippen LogP contribution in [-0.4, -0.2) is 72.0 Å². The minimum absolute atomic E-state index is 0.130. The van der Waals surface area contributed by atoms with Gasteiger partial charge in [0.25, 0.3) is 0 Å². The summed E-state index contributed by atoms with van der Waals surface area (Å²) in [4.78, 5) is 22.6. The van der Waals surface area contributed by atoms with Crippen LogP contribution in [0.15, 0.2) is 12.7 Å². The lowest BCUT2D eigenvalue weighted by molar-refractivity contribution is -0.0574. The number of fused-ring (bicyclic) bond motifs is 1. The van der Waals surface area contributed by atoms with Gasteiger partial charge in [-0.25, -0.2) is 24.1 Å². The molecule has 1 fully saturated rings. The van der Waals surface area contributed by atoms with E-state index < -0.39 is 49.1 Å². The Morgan fingerprint density at radius 2 is 2.32 bits per heavy atom. The molecule has 0 bridgehead atoms. The predicted octanol–water partition coefficient (Wildman–Crippen LogP) is -0.724. The van der Waals surface area contributed by atoms with E-state index in [2.05, 4.69) is 20.9 Å². The lowest BCUT2D eigenvalue weighted by atomic mass is 9.81. The third-order valence-corrected chi connectivity index (χ3v) is 4.78. The highest BCUT2D eigenvalue weighted by Gasteiger charge is 2.53. The van der Waals surface area contributed by atoms with Crippen LogP contribution in [0.1, 0.15) is 12.6 Å². The Morgan fingerprint density at radius 3 is 2.96 bits per heavy atom. The molecular formula is C16H19FN6O5. The van der Waals surface area contributed by atoms with Crippen molar-refractivity contribution in [3.05, 3.63) is 12.7 Å². The number of alkyl halides is 1. The molecule has 11 nitrogen and oxygen atoms in total.